The Morgan fingerprint density at radius 2 is 2.04 bits per heavy atom. The van der Waals surface area contributed by atoms with Gasteiger partial charge < -0.3 is 5.11 Å². The van der Waals surface area contributed by atoms with Crippen LogP contribution >= 0.6 is 34.3 Å². The number of carbonyl (C=O) groups is 2. The number of hydrogen-bond acceptors (Lipinski definition) is 6. The predicted molar refractivity (Wildman–Crippen MR) is 112 cm³/mol. The zero-order valence-corrected chi connectivity index (χ0v) is 17.4. The van der Waals surface area contributed by atoms with Crippen molar-refractivity contribution in [3.05, 3.63) is 78.6 Å². The molecule has 0 bridgehead atoms. The van der Waals surface area contributed by atoms with E-state index in [0.717, 1.165) is 9.88 Å². The van der Waals surface area contributed by atoms with Crippen molar-refractivity contribution in [1.82, 2.24) is 4.98 Å². The number of Topliss-reactive ketones (excluding diaryl/α,β-unsaturated/α-hetero) is 1. The molecule has 0 aliphatic carbocycles. The van der Waals surface area contributed by atoms with E-state index in [1.165, 1.54) is 27.6 Å². The number of aryl methyl sites for hydroxylation is 2. The SMILES string of the molecule is Cc1nc(C)c(C(=O)C2=C(O)C(=O)N(c3cccc(Cl)c3)C2c2cccs2)s1. The molecule has 3 heterocycles. The Bertz CT molecular complexity index is 1120. The molecule has 1 atom stereocenters. The van der Waals surface area contributed by atoms with Crippen LogP contribution in [0.25, 0.3) is 0 Å². The number of halogens is 1. The summed E-state index contributed by atoms with van der Waals surface area (Å²) in [6.07, 6.45) is 0. The maximum absolute atomic E-state index is 13.3. The molecule has 0 radical (unpaired) electrons. The fourth-order valence-corrected chi connectivity index (χ4v) is 5.19. The van der Waals surface area contributed by atoms with Gasteiger partial charge in [-0.2, -0.15) is 0 Å². The Hall–Kier alpha value is -2.48. The van der Waals surface area contributed by atoms with Crippen molar-refractivity contribution in [2.75, 3.05) is 4.90 Å². The van der Waals surface area contributed by atoms with Gasteiger partial charge in [0.25, 0.3) is 5.91 Å². The fourth-order valence-electron chi connectivity index (χ4n) is 3.31. The van der Waals surface area contributed by atoms with Crippen molar-refractivity contribution >= 4 is 51.7 Å². The molecule has 4 rings (SSSR count). The van der Waals surface area contributed by atoms with Gasteiger partial charge in [-0.25, -0.2) is 4.98 Å². The van der Waals surface area contributed by atoms with Crippen LogP contribution in [-0.2, 0) is 4.79 Å². The molecular formula is C20H15ClN2O3S2. The smallest absolute Gasteiger partial charge is 0.294 e. The summed E-state index contributed by atoms with van der Waals surface area (Å²) < 4.78 is 0. The van der Waals surface area contributed by atoms with Crippen LogP contribution in [0.5, 0.6) is 0 Å². The summed E-state index contributed by atoms with van der Waals surface area (Å²) in [5.41, 5.74) is 1.17. The highest BCUT2D eigenvalue weighted by atomic mass is 35.5. The summed E-state index contributed by atoms with van der Waals surface area (Å²) in [4.78, 5) is 33.2. The van der Waals surface area contributed by atoms with Gasteiger partial charge in [-0.15, -0.1) is 22.7 Å². The normalized spacial score (nSPS) is 16.9. The average Bonchev–Trinajstić information content (AvgIpc) is 3.34. The summed E-state index contributed by atoms with van der Waals surface area (Å²) in [5.74, 6) is -1.53. The molecule has 0 saturated carbocycles. The van der Waals surface area contributed by atoms with Crippen LogP contribution in [0.15, 0.2) is 53.1 Å². The lowest BCUT2D eigenvalue weighted by Crippen LogP contribution is -2.30. The second-order valence-corrected chi connectivity index (χ2v) is 8.93. The standard InChI is InChI=1S/C20H15ClN2O3S2/c1-10-19(28-11(2)22-10)17(24)15-16(14-7-4-8-27-14)23(20(26)18(15)25)13-6-3-5-12(21)9-13/h3-9,16,25H,1-2H3. The number of hydrogen-bond donors (Lipinski definition) is 1. The van der Waals surface area contributed by atoms with Crippen LogP contribution in [0.3, 0.4) is 0 Å². The van der Waals surface area contributed by atoms with Crippen molar-refractivity contribution in [2.45, 2.75) is 19.9 Å². The van der Waals surface area contributed by atoms with E-state index < -0.39 is 17.7 Å². The van der Waals surface area contributed by atoms with Gasteiger partial charge in [-0.05, 0) is 43.5 Å². The quantitative estimate of drug-likeness (QED) is 0.573. The lowest BCUT2D eigenvalue weighted by Gasteiger charge is -2.25. The number of ketones is 1. The Balaban J connectivity index is 1.88. The molecule has 142 valence electrons. The number of aliphatic hydroxyl groups excluding tert-OH is 1. The Kier molecular flexibility index (Phi) is 4.82. The van der Waals surface area contributed by atoms with Crippen LogP contribution in [0.1, 0.15) is 31.3 Å². The van der Waals surface area contributed by atoms with Crippen LogP contribution in [0.4, 0.5) is 5.69 Å². The summed E-state index contributed by atoms with van der Waals surface area (Å²) in [5, 5.41) is 13.8. The van der Waals surface area contributed by atoms with Crippen LogP contribution in [0, 0.1) is 13.8 Å². The second-order valence-electron chi connectivity index (χ2n) is 6.31. The lowest BCUT2D eigenvalue weighted by molar-refractivity contribution is -0.117. The van der Waals surface area contributed by atoms with E-state index in [0.29, 0.717) is 21.3 Å². The summed E-state index contributed by atoms with van der Waals surface area (Å²) in [6.45, 7) is 3.57. The number of carbonyl (C=O) groups excluding carboxylic acids is 2. The topological polar surface area (TPSA) is 70.5 Å². The van der Waals surface area contributed by atoms with Gasteiger partial charge in [-0.3, -0.25) is 14.5 Å². The van der Waals surface area contributed by atoms with E-state index in [9.17, 15) is 14.7 Å². The third-order valence-corrected chi connectivity index (χ3v) is 6.69. The number of nitrogens with zero attached hydrogens (tertiary/aromatic N) is 2. The van der Waals surface area contributed by atoms with Crippen LogP contribution in [-0.4, -0.2) is 21.8 Å². The number of thiazole rings is 1. The molecule has 0 saturated heterocycles. The molecule has 3 aromatic rings. The highest BCUT2D eigenvalue weighted by Gasteiger charge is 2.45. The van der Waals surface area contributed by atoms with E-state index in [2.05, 4.69) is 4.98 Å². The first kappa shape index (κ1) is 18.9. The largest absolute Gasteiger partial charge is 0.503 e. The van der Waals surface area contributed by atoms with Gasteiger partial charge in [0.1, 0.15) is 6.04 Å². The molecule has 1 amide bonds. The van der Waals surface area contributed by atoms with Crippen molar-refractivity contribution in [3.8, 4) is 0 Å². The van der Waals surface area contributed by atoms with Crippen LogP contribution < -0.4 is 4.90 Å². The number of rotatable bonds is 4. The Morgan fingerprint density at radius 3 is 2.64 bits per heavy atom. The molecule has 0 spiro atoms. The number of amides is 1. The Morgan fingerprint density at radius 1 is 1.25 bits per heavy atom. The minimum Gasteiger partial charge on any atom is -0.503 e. The fraction of sp³-hybridized carbons (Fsp3) is 0.150. The molecule has 1 aromatic carbocycles. The van der Waals surface area contributed by atoms with Gasteiger partial charge in [-0.1, -0.05) is 23.7 Å². The molecule has 1 unspecified atom stereocenters. The zero-order valence-electron chi connectivity index (χ0n) is 15.0. The zero-order chi connectivity index (χ0) is 20.0. The van der Waals surface area contributed by atoms with E-state index in [1.807, 2.05) is 24.4 Å². The number of benzene rings is 1. The molecule has 2 aromatic heterocycles. The Labute approximate surface area is 174 Å². The van der Waals surface area contributed by atoms with Gasteiger partial charge >= 0.3 is 0 Å². The first-order valence-corrected chi connectivity index (χ1v) is 10.5. The van der Waals surface area contributed by atoms with E-state index in [4.69, 9.17) is 11.6 Å². The van der Waals surface area contributed by atoms with Crippen molar-refractivity contribution in [1.29, 1.82) is 0 Å². The van der Waals surface area contributed by atoms with Crippen molar-refractivity contribution in [3.63, 3.8) is 0 Å². The second kappa shape index (κ2) is 7.16. The molecule has 0 fully saturated rings. The first-order valence-electron chi connectivity index (χ1n) is 8.43. The highest BCUT2D eigenvalue weighted by Crippen LogP contribution is 2.44. The van der Waals surface area contributed by atoms with Crippen LogP contribution in [0.2, 0.25) is 5.02 Å². The molecule has 5 nitrogen and oxygen atoms in total. The highest BCUT2D eigenvalue weighted by molar-refractivity contribution is 7.14. The number of aliphatic hydroxyl groups is 1. The molecular weight excluding hydrogens is 416 g/mol. The van der Waals surface area contributed by atoms with Gasteiger partial charge in [0, 0.05) is 15.6 Å². The van der Waals surface area contributed by atoms with E-state index in [1.54, 1.807) is 31.2 Å². The summed E-state index contributed by atoms with van der Waals surface area (Å²) in [6, 6.07) is 9.77. The third kappa shape index (κ3) is 3.05. The summed E-state index contributed by atoms with van der Waals surface area (Å²) >= 11 is 8.79. The maximum atomic E-state index is 13.3. The minimum absolute atomic E-state index is 0.0687. The maximum Gasteiger partial charge on any atom is 0.294 e. The molecule has 1 aliphatic rings. The van der Waals surface area contributed by atoms with Crippen molar-refractivity contribution < 1.29 is 14.7 Å². The lowest BCUT2D eigenvalue weighted by atomic mass is 10.00. The van der Waals surface area contributed by atoms with Gasteiger partial charge in [0.2, 0.25) is 5.78 Å². The number of anilines is 1. The monoisotopic (exact) mass is 430 g/mol. The number of thiophene rings is 1. The summed E-state index contributed by atoms with van der Waals surface area (Å²) in [7, 11) is 0. The predicted octanol–water partition coefficient (Wildman–Crippen LogP) is 5.26. The van der Waals surface area contributed by atoms with Crippen molar-refractivity contribution in [2.24, 2.45) is 0 Å². The minimum atomic E-state index is -0.722. The van der Waals surface area contributed by atoms with E-state index >= 15 is 0 Å². The molecule has 1 aliphatic heterocycles. The first-order chi connectivity index (χ1) is 13.4. The van der Waals surface area contributed by atoms with Gasteiger partial charge in [0.15, 0.2) is 5.76 Å². The van der Waals surface area contributed by atoms with E-state index in [-0.39, 0.29) is 11.4 Å². The van der Waals surface area contributed by atoms with Gasteiger partial charge in [0.05, 0.1) is 21.2 Å². The molecule has 8 heteroatoms. The number of aromatic nitrogens is 1. The average molecular weight is 431 g/mol. The molecule has 1 N–H and O–H groups in total. The molecule has 28 heavy (non-hydrogen) atoms. The third-order valence-electron chi connectivity index (χ3n) is 4.46.